The first kappa shape index (κ1) is 18.7. The highest BCUT2D eigenvalue weighted by Crippen LogP contribution is 2.20. The van der Waals surface area contributed by atoms with Crippen LogP contribution in [0.25, 0.3) is 0 Å². The minimum Gasteiger partial charge on any atom is -0.484 e. The van der Waals surface area contributed by atoms with Crippen molar-refractivity contribution in [2.24, 2.45) is 0 Å². The average molecular weight is 390 g/mol. The molecule has 1 aliphatic rings. The predicted molar refractivity (Wildman–Crippen MR) is 107 cm³/mol. The van der Waals surface area contributed by atoms with Crippen LogP contribution in [0.1, 0.15) is 16.1 Å². The summed E-state index contributed by atoms with van der Waals surface area (Å²) in [5.41, 5.74) is 1.61. The normalized spacial score (nSPS) is 15.7. The van der Waals surface area contributed by atoms with Crippen LogP contribution >= 0.6 is 0 Å². The maximum Gasteiger partial charge on any atom is 0.271 e. The van der Waals surface area contributed by atoms with Gasteiger partial charge in [0.1, 0.15) is 11.4 Å². The number of amides is 2. The van der Waals surface area contributed by atoms with Gasteiger partial charge in [-0.15, -0.1) is 0 Å². The van der Waals surface area contributed by atoms with Gasteiger partial charge in [-0.2, -0.15) is 0 Å². The maximum atomic E-state index is 13.0. The van der Waals surface area contributed by atoms with E-state index in [9.17, 15) is 9.59 Å². The monoisotopic (exact) mass is 390 g/mol. The summed E-state index contributed by atoms with van der Waals surface area (Å²) in [4.78, 5) is 31.2. The quantitative estimate of drug-likeness (QED) is 0.670. The highest BCUT2D eigenvalue weighted by atomic mass is 16.5. The summed E-state index contributed by atoms with van der Waals surface area (Å²) in [7, 11) is 0. The molecule has 2 aromatic heterocycles. The zero-order valence-electron chi connectivity index (χ0n) is 15.9. The summed E-state index contributed by atoms with van der Waals surface area (Å²) in [6.45, 7) is 1.34. The fraction of sp³-hybridized carbons (Fsp3) is 0.227. The van der Waals surface area contributed by atoms with Crippen molar-refractivity contribution < 1.29 is 14.3 Å². The number of benzene rings is 1. The molecule has 1 atom stereocenters. The lowest BCUT2D eigenvalue weighted by molar-refractivity contribution is -0.123. The fourth-order valence-electron chi connectivity index (χ4n) is 3.42. The summed E-state index contributed by atoms with van der Waals surface area (Å²) in [5.74, 6) is 0.372. The molecule has 0 fully saturated rings. The van der Waals surface area contributed by atoms with E-state index < -0.39 is 0 Å². The molecule has 1 N–H and O–H groups in total. The molecular formula is C22H22N4O3. The number of nitrogens with one attached hydrogen (secondary N) is 1. The number of nitrogens with zero attached hydrogens (tertiary/aromatic N) is 3. The summed E-state index contributed by atoms with van der Waals surface area (Å²) < 4.78 is 7.42. The van der Waals surface area contributed by atoms with Crippen LogP contribution in [0.2, 0.25) is 0 Å². The van der Waals surface area contributed by atoms with E-state index in [4.69, 9.17) is 4.74 Å². The molecule has 3 aromatic rings. The predicted octanol–water partition coefficient (Wildman–Crippen LogP) is 2.10. The van der Waals surface area contributed by atoms with Crippen molar-refractivity contribution in [3.05, 3.63) is 84.4 Å². The van der Waals surface area contributed by atoms with Crippen molar-refractivity contribution in [3.63, 3.8) is 0 Å². The number of carbonyl (C=O) groups is 2. The summed E-state index contributed by atoms with van der Waals surface area (Å²) in [6.07, 6.45) is 5.35. The smallest absolute Gasteiger partial charge is 0.271 e. The first-order valence-corrected chi connectivity index (χ1v) is 9.50. The Morgan fingerprint density at radius 3 is 2.79 bits per heavy atom. The Bertz CT molecular complexity index is 972. The molecule has 3 heterocycles. The molecule has 148 valence electrons. The number of hydrogen-bond acceptors (Lipinski definition) is 4. The zero-order chi connectivity index (χ0) is 20.1. The van der Waals surface area contributed by atoms with Crippen LogP contribution in [0.5, 0.6) is 5.75 Å². The minimum atomic E-state index is -0.221. The Hall–Kier alpha value is -3.61. The average Bonchev–Trinajstić information content (AvgIpc) is 3.23. The third-order valence-corrected chi connectivity index (χ3v) is 4.88. The van der Waals surface area contributed by atoms with E-state index in [2.05, 4.69) is 10.3 Å². The van der Waals surface area contributed by atoms with E-state index in [1.54, 1.807) is 29.4 Å². The van der Waals surface area contributed by atoms with Gasteiger partial charge in [0, 0.05) is 38.2 Å². The molecule has 0 aliphatic carbocycles. The Morgan fingerprint density at radius 1 is 1.14 bits per heavy atom. The highest BCUT2D eigenvalue weighted by Gasteiger charge is 2.32. The van der Waals surface area contributed by atoms with Crippen LogP contribution < -0.4 is 10.1 Å². The van der Waals surface area contributed by atoms with E-state index in [0.29, 0.717) is 31.1 Å². The van der Waals surface area contributed by atoms with Gasteiger partial charge in [-0.3, -0.25) is 14.6 Å². The largest absolute Gasteiger partial charge is 0.484 e. The number of ether oxygens (including phenoxy) is 1. The lowest BCUT2D eigenvalue weighted by Gasteiger charge is -2.36. The molecular weight excluding hydrogens is 368 g/mol. The molecule has 7 nitrogen and oxygen atoms in total. The van der Waals surface area contributed by atoms with E-state index in [1.165, 1.54) is 0 Å². The molecule has 0 radical (unpaired) electrons. The van der Waals surface area contributed by atoms with Crippen molar-refractivity contribution in [1.82, 2.24) is 19.8 Å². The van der Waals surface area contributed by atoms with Gasteiger partial charge in [0.15, 0.2) is 6.61 Å². The van der Waals surface area contributed by atoms with E-state index in [0.717, 1.165) is 5.56 Å². The van der Waals surface area contributed by atoms with Crippen molar-refractivity contribution >= 4 is 11.8 Å². The molecule has 2 amide bonds. The van der Waals surface area contributed by atoms with E-state index in [-0.39, 0.29) is 24.5 Å². The molecule has 1 aliphatic heterocycles. The second kappa shape index (κ2) is 8.60. The van der Waals surface area contributed by atoms with Gasteiger partial charge in [-0.1, -0.05) is 24.3 Å². The highest BCUT2D eigenvalue weighted by molar-refractivity contribution is 5.93. The van der Waals surface area contributed by atoms with Crippen LogP contribution in [-0.4, -0.2) is 45.5 Å². The Kier molecular flexibility index (Phi) is 5.56. The van der Waals surface area contributed by atoms with Gasteiger partial charge in [0.05, 0.1) is 6.04 Å². The maximum absolute atomic E-state index is 13.0. The number of rotatable bonds is 7. The van der Waals surface area contributed by atoms with Gasteiger partial charge in [0.25, 0.3) is 11.8 Å². The number of fused-ring (bicyclic) bond motifs is 1. The summed E-state index contributed by atoms with van der Waals surface area (Å²) >= 11 is 0. The minimum absolute atomic E-state index is 0.0510. The zero-order valence-corrected chi connectivity index (χ0v) is 15.9. The van der Waals surface area contributed by atoms with Crippen LogP contribution in [0, 0.1) is 0 Å². The summed E-state index contributed by atoms with van der Waals surface area (Å²) in [5, 5.41) is 2.90. The van der Waals surface area contributed by atoms with Crippen LogP contribution in [0.3, 0.4) is 0 Å². The molecule has 29 heavy (non-hydrogen) atoms. The lowest BCUT2D eigenvalue weighted by Crippen LogP contribution is -2.52. The molecule has 0 saturated heterocycles. The molecule has 0 saturated carbocycles. The third-order valence-electron chi connectivity index (χ3n) is 4.88. The fourth-order valence-corrected chi connectivity index (χ4v) is 3.42. The number of hydrogen-bond donors (Lipinski definition) is 1. The molecule has 1 unspecified atom stereocenters. The van der Waals surface area contributed by atoms with Gasteiger partial charge in [0.2, 0.25) is 0 Å². The van der Waals surface area contributed by atoms with Gasteiger partial charge < -0.3 is 19.5 Å². The standard InChI is InChI=1S/C22H22N4O3/c27-21(16-29-19-7-2-1-3-8-19)24-13-18-15-25-11-5-9-20(25)22(28)26(18)14-17-6-4-10-23-12-17/h1-12,18H,13-16H2,(H,24,27). The number of carbonyl (C=O) groups excluding carboxylic acids is 2. The van der Waals surface area contributed by atoms with Crippen LogP contribution in [-0.2, 0) is 17.9 Å². The van der Waals surface area contributed by atoms with Crippen molar-refractivity contribution in [2.75, 3.05) is 13.2 Å². The van der Waals surface area contributed by atoms with Gasteiger partial charge in [-0.05, 0) is 35.9 Å². The Labute approximate surface area is 168 Å². The lowest BCUT2D eigenvalue weighted by atomic mass is 10.1. The van der Waals surface area contributed by atoms with Gasteiger partial charge >= 0.3 is 0 Å². The second-order valence-electron chi connectivity index (χ2n) is 6.90. The summed E-state index contributed by atoms with van der Waals surface area (Å²) in [6, 6.07) is 16.5. The first-order chi connectivity index (χ1) is 14.2. The second-order valence-corrected chi connectivity index (χ2v) is 6.90. The number of aromatic nitrogens is 2. The number of para-hydroxylation sites is 1. The Balaban J connectivity index is 1.41. The van der Waals surface area contributed by atoms with Crippen molar-refractivity contribution in [1.29, 1.82) is 0 Å². The molecule has 0 spiro atoms. The SMILES string of the molecule is O=C(COc1ccccc1)NCC1Cn2cccc2C(=O)N1Cc1cccnc1. The molecule has 4 rings (SSSR count). The third kappa shape index (κ3) is 4.45. The van der Waals surface area contributed by atoms with Crippen molar-refractivity contribution in [2.45, 2.75) is 19.1 Å². The number of pyridine rings is 1. The molecule has 7 heteroatoms. The van der Waals surface area contributed by atoms with Gasteiger partial charge in [-0.25, -0.2) is 0 Å². The topological polar surface area (TPSA) is 76.5 Å². The van der Waals surface area contributed by atoms with E-state index >= 15 is 0 Å². The van der Waals surface area contributed by atoms with Crippen LogP contribution in [0.4, 0.5) is 0 Å². The van der Waals surface area contributed by atoms with E-state index in [1.807, 2.05) is 53.2 Å². The van der Waals surface area contributed by atoms with Crippen LogP contribution in [0.15, 0.2) is 73.2 Å². The Morgan fingerprint density at radius 2 is 2.00 bits per heavy atom. The van der Waals surface area contributed by atoms with Crippen molar-refractivity contribution in [3.8, 4) is 5.75 Å². The first-order valence-electron chi connectivity index (χ1n) is 9.50. The molecule has 1 aromatic carbocycles. The molecule has 0 bridgehead atoms.